The number of furan rings is 1. The van der Waals surface area contributed by atoms with Gasteiger partial charge < -0.3 is 19.8 Å². The number of ether oxygens (including phenoxy) is 1. The fourth-order valence-corrected chi connectivity index (χ4v) is 3.94. The third-order valence-corrected chi connectivity index (χ3v) is 5.67. The topological polar surface area (TPSA) is 101 Å². The molecule has 0 bridgehead atoms. The van der Waals surface area contributed by atoms with Gasteiger partial charge in [-0.3, -0.25) is 19.3 Å². The number of hydrogen-bond acceptors (Lipinski definition) is 5. The van der Waals surface area contributed by atoms with Gasteiger partial charge in [-0.25, -0.2) is 4.39 Å². The van der Waals surface area contributed by atoms with Gasteiger partial charge in [-0.05, 0) is 54.8 Å². The van der Waals surface area contributed by atoms with Gasteiger partial charge in [0, 0.05) is 18.8 Å². The van der Waals surface area contributed by atoms with Crippen molar-refractivity contribution in [2.24, 2.45) is 0 Å². The molecule has 1 aromatic heterocycles. The average Bonchev–Trinajstić information content (AvgIpc) is 3.60. The monoisotopic (exact) mass is 479 g/mol. The molecule has 8 nitrogen and oxygen atoms in total. The quantitative estimate of drug-likeness (QED) is 0.491. The Morgan fingerprint density at radius 3 is 2.43 bits per heavy atom. The molecule has 1 fully saturated rings. The summed E-state index contributed by atoms with van der Waals surface area (Å²) >= 11 is 0. The van der Waals surface area contributed by atoms with Gasteiger partial charge in [0.1, 0.15) is 11.9 Å². The zero-order chi connectivity index (χ0) is 24.6. The average molecular weight is 480 g/mol. The number of rotatable bonds is 9. The molecule has 1 saturated heterocycles. The molecule has 0 spiro atoms. The lowest BCUT2D eigenvalue weighted by Crippen LogP contribution is -2.48. The molecule has 3 aromatic rings. The minimum Gasteiger partial charge on any atom is -0.459 e. The number of amides is 3. The van der Waals surface area contributed by atoms with Crippen LogP contribution in [-0.4, -0.2) is 43.5 Å². The van der Waals surface area contributed by atoms with E-state index in [0.29, 0.717) is 24.4 Å². The molecule has 182 valence electrons. The molecule has 9 heteroatoms. The van der Waals surface area contributed by atoms with Crippen LogP contribution in [0.1, 0.15) is 35.0 Å². The fourth-order valence-electron chi connectivity index (χ4n) is 3.94. The highest BCUT2D eigenvalue weighted by Gasteiger charge is 2.33. The molecule has 2 N–H and O–H groups in total. The lowest BCUT2D eigenvalue weighted by molar-refractivity contribution is -0.126. The maximum absolute atomic E-state index is 13.7. The van der Waals surface area contributed by atoms with Gasteiger partial charge in [-0.2, -0.15) is 0 Å². The predicted octanol–water partition coefficient (Wildman–Crippen LogP) is 3.22. The number of benzene rings is 2. The molecule has 0 unspecified atom stereocenters. The number of nitrogens with zero attached hydrogens (tertiary/aromatic N) is 1. The highest BCUT2D eigenvalue weighted by molar-refractivity contribution is 6.04. The number of anilines is 1. The molecule has 0 aliphatic carbocycles. The number of carbonyl (C=O) groups excluding carboxylic acids is 3. The van der Waals surface area contributed by atoms with E-state index in [0.717, 1.165) is 12.8 Å². The summed E-state index contributed by atoms with van der Waals surface area (Å²) in [5.74, 6) is -1.97. The first-order valence-electron chi connectivity index (χ1n) is 11.4. The number of halogens is 1. The van der Waals surface area contributed by atoms with Crippen molar-refractivity contribution in [3.05, 3.63) is 90.1 Å². The molecule has 2 atom stereocenters. The second-order valence-electron chi connectivity index (χ2n) is 8.09. The summed E-state index contributed by atoms with van der Waals surface area (Å²) in [6.45, 7) is 0.556. The second-order valence-corrected chi connectivity index (χ2v) is 8.09. The van der Waals surface area contributed by atoms with E-state index in [1.54, 1.807) is 36.4 Å². The first-order valence-corrected chi connectivity index (χ1v) is 11.4. The molecule has 2 heterocycles. The lowest BCUT2D eigenvalue weighted by Gasteiger charge is -2.32. The zero-order valence-corrected chi connectivity index (χ0v) is 19.0. The summed E-state index contributed by atoms with van der Waals surface area (Å²) in [7, 11) is 0. The largest absolute Gasteiger partial charge is 0.459 e. The van der Waals surface area contributed by atoms with Crippen molar-refractivity contribution in [1.82, 2.24) is 10.6 Å². The first-order chi connectivity index (χ1) is 17.0. The molecule has 3 amide bonds. The maximum atomic E-state index is 13.7. The highest BCUT2D eigenvalue weighted by Crippen LogP contribution is 2.28. The lowest BCUT2D eigenvalue weighted by atomic mass is 10.0. The van der Waals surface area contributed by atoms with Crippen LogP contribution in [0.15, 0.2) is 77.4 Å². The molecule has 2 aromatic carbocycles. The van der Waals surface area contributed by atoms with Crippen molar-refractivity contribution in [3.8, 4) is 0 Å². The summed E-state index contributed by atoms with van der Waals surface area (Å²) in [5, 5.41) is 5.41. The van der Waals surface area contributed by atoms with E-state index in [4.69, 9.17) is 9.15 Å². The van der Waals surface area contributed by atoms with E-state index in [1.165, 1.54) is 41.5 Å². The van der Waals surface area contributed by atoms with Crippen LogP contribution >= 0.6 is 0 Å². The molecule has 0 radical (unpaired) electrons. The van der Waals surface area contributed by atoms with Gasteiger partial charge in [0.15, 0.2) is 5.76 Å². The van der Waals surface area contributed by atoms with E-state index in [-0.39, 0.29) is 11.9 Å². The second kappa shape index (κ2) is 11.4. The predicted molar refractivity (Wildman–Crippen MR) is 126 cm³/mol. The van der Waals surface area contributed by atoms with Crippen LogP contribution in [0.4, 0.5) is 10.1 Å². The highest BCUT2D eigenvalue weighted by atomic mass is 19.1. The van der Waals surface area contributed by atoms with Crippen molar-refractivity contribution in [2.75, 3.05) is 24.6 Å². The van der Waals surface area contributed by atoms with E-state index in [9.17, 15) is 18.8 Å². The molecule has 1 aliphatic heterocycles. The zero-order valence-electron chi connectivity index (χ0n) is 19.0. The van der Waals surface area contributed by atoms with Crippen molar-refractivity contribution < 1.29 is 27.9 Å². The van der Waals surface area contributed by atoms with Crippen LogP contribution in [0, 0.1) is 5.82 Å². The van der Waals surface area contributed by atoms with Crippen molar-refractivity contribution >= 4 is 23.4 Å². The molecule has 0 saturated carbocycles. The number of carbonyl (C=O) groups is 3. The van der Waals surface area contributed by atoms with Gasteiger partial charge in [0.25, 0.3) is 5.91 Å². The number of hydrogen-bond donors (Lipinski definition) is 2. The Morgan fingerprint density at radius 1 is 1.00 bits per heavy atom. The number of nitrogens with one attached hydrogen (secondary N) is 2. The van der Waals surface area contributed by atoms with Crippen LogP contribution in [-0.2, 0) is 14.3 Å². The summed E-state index contributed by atoms with van der Waals surface area (Å²) in [6, 6.07) is 16.1. The van der Waals surface area contributed by atoms with E-state index < -0.39 is 36.1 Å². The molecular weight excluding hydrogens is 453 g/mol. The normalized spacial score (nSPS) is 15.9. The van der Waals surface area contributed by atoms with Gasteiger partial charge in [-0.15, -0.1) is 0 Å². The van der Waals surface area contributed by atoms with Gasteiger partial charge in [0.05, 0.1) is 18.9 Å². The van der Waals surface area contributed by atoms with Crippen LogP contribution in [0.3, 0.4) is 0 Å². The first kappa shape index (κ1) is 24.2. The summed E-state index contributed by atoms with van der Waals surface area (Å²) < 4.78 is 24.3. The summed E-state index contributed by atoms with van der Waals surface area (Å²) in [4.78, 5) is 40.5. The molecule has 35 heavy (non-hydrogen) atoms. The molecular formula is C26H26FN3O5. The van der Waals surface area contributed by atoms with E-state index in [2.05, 4.69) is 10.6 Å². The fraction of sp³-hybridized carbons (Fsp3) is 0.269. The SMILES string of the molecule is O=C(NCC(=O)N(c1ccc(F)cc1)[C@@H](C(=O)NC[C@H]1CCCO1)c1ccccc1)c1ccco1. The Bertz CT molecular complexity index is 1130. The molecule has 1 aliphatic rings. The van der Waals surface area contributed by atoms with Gasteiger partial charge in [-0.1, -0.05) is 30.3 Å². The van der Waals surface area contributed by atoms with Crippen molar-refractivity contribution in [2.45, 2.75) is 25.0 Å². The van der Waals surface area contributed by atoms with Crippen molar-refractivity contribution in [1.29, 1.82) is 0 Å². The Balaban J connectivity index is 1.62. The summed E-state index contributed by atoms with van der Waals surface area (Å²) in [5.41, 5.74) is 0.872. The van der Waals surface area contributed by atoms with Gasteiger partial charge >= 0.3 is 0 Å². The Labute approximate surface area is 202 Å². The Morgan fingerprint density at radius 2 is 1.77 bits per heavy atom. The minimum absolute atomic E-state index is 0.0556. The molecule has 4 rings (SSSR count). The van der Waals surface area contributed by atoms with E-state index in [1.807, 2.05) is 0 Å². The standard InChI is InChI=1S/C26H26FN3O5/c27-19-10-12-20(13-11-19)30(23(31)17-29-25(32)22-9-5-15-35-22)24(18-6-2-1-3-7-18)26(33)28-16-21-8-4-14-34-21/h1-3,5-7,9-13,15,21,24H,4,8,14,16-17H2,(H,28,33)(H,29,32)/t21-,24-/m1/s1. The minimum atomic E-state index is -1.06. The van der Waals surface area contributed by atoms with Gasteiger partial charge in [0.2, 0.25) is 11.8 Å². The van der Waals surface area contributed by atoms with Crippen LogP contribution < -0.4 is 15.5 Å². The smallest absolute Gasteiger partial charge is 0.287 e. The van der Waals surface area contributed by atoms with Crippen LogP contribution in [0.25, 0.3) is 0 Å². The Hall–Kier alpha value is -3.98. The summed E-state index contributed by atoms with van der Waals surface area (Å²) in [6.07, 6.45) is 3.04. The third kappa shape index (κ3) is 6.13. The van der Waals surface area contributed by atoms with Crippen LogP contribution in [0.2, 0.25) is 0 Å². The third-order valence-electron chi connectivity index (χ3n) is 5.67. The van der Waals surface area contributed by atoms with Crippen LogP contribution in [0.5, 0.6) is 0 Å². The van der Waals surface area contributed by atoms with Crippen molar-refractivity contribution in [3.63, 3.8) is 0 Å². The maximum Gasteiger partial charge on any atom is 0.287 e. The Kier molecular flexibility index (Phi) is 7.89. The van der Waals surface area contributed by atoms with E-state index >= 15 is 0 Å².